The third-order valence-corrected chi connectivity index (χ3v) is 9.28. The van der Waals surface area contributed by atoms with Crippen molar-refractivity contribution in [2.24, 2.45) is 5.92 Å². The van der Waals surface area contributed by atoms with Crippen LogP contribution >= 0.6 is 37.2 Å². The van der Waals surface area contributed by atoms with E-state index < -0.39 is 0 Å². The van der Waals surface area contributed by atoms with Gasteiger partial charge in [-0.1, -0.05) is 20.3 Å². The van der Waals surface area contributed by atoms with Crippen molar-refractivity contribution in [2.75, 3.05) is 62.3 Å². The molecular weight excluding hydrogens is 715 g/mol. The first-order valence-corrected chi connectivity index (χ1v) is 16.3. The number of benzene rings is 2. The van der Waals surface area contributed by atoms with Gasteiger partial charge >= 0.3 is 0 Å². The van der Waals surface area contributed by atoms with E-state index in [0.29, 0.717) is 46.5 Å². The maximum absolute atomic E-state index is 5.59. The number of halogens is 3. The molecule has 0 aliphatic carbocycles. The van der Waals surface area contributed by atoms with E-state index in [2.05, 4.69) is 52.9 Å². The van der Waals surface area contributed by atoms with Crippen LogP contribution in [0.2, 0.25) is 0 Å². The van der Waals surface area contributed by atoms with Crippen LogP contribution in [0.15, 0.2) is 60.9 Å². The minimum atomic E-state index is 0. The molecule has 1 aliphatic rings. The molecule has 10 nitrogen and oxygen atoms in total. The highest BCUT2D eigenvalue weighted by Crippen LogP contribution is 2.42. The monoisotopic (exact) mass is 764 g/mol. The predicted octanol–water partition coefficient (Wildman–Crippen LogP) is 7.86. The highest BCUT2D eigenvalue weighted by Gasteiger charge is 2.30. The molecule has 2 atom stereocenters. The number of pyridine rings is 2. The third kappa shape index (κ3) is 10.0. The molecule has 280 valence electrons. The maximum Gasteiger partial charge on any atom is 0.203 e. The zero-order valence-electron chi connectivity index (χ0n) is 30.6. The number of nitrogens with zero attached hydrogens (tertiary/aromatic N) is 4. The Morgan fingerprint density at radius 3 is 1.45 bits per heavy atom. The van der Waals surface area contributed by atoms with Crippen LogP contribution in [0.1, 0.15) is 31.4 Å². The van der Waals surface area contributed by atoms with E-state index in [-0.39, 0.29) is 37.2 Å². The second-order valence-corrected chi connectivity index (χ2v) is 12.1. The van der Waals surface area contributed by atoms with E-state index in [0.717, 1.165) is 61.7 Å². The Morgan fingerprint density at radius 1 is 0.627 bits per heavy atom. The molecule has 51 heavy (non-hydrogen) atoms. The molecule has 0 bridgehead atoms. The molecule has 0 N–H and O–H groups in total. The topological polar surface area (TPSA) is 87.6 Å². The predicted molar refractivity (Wildman–Crippen MR) is 209 cm³/mol. The van der Waals surface area contributed by atoms with E-state index in [9.17, 15) is 0 Å². The number of rotatable bonds is 14. The summed E-state index contributed by atoms with van der Waals surface area (Å²) >= 11 is 0. The molecule has 0 amide bonds. The van der Waals surface area contributed by atoms with Gasteiger partial charge in [0, 0.05) is 62.3 Å². The van der Waals surface area contributed by atoms with Crippen molar-refractivity contribution in [2.45, 2.75) is 39.4 Å². The van der Waals surface area contributed by atoms with Crippen molar-refractivity contribution < 1.29 is 28.4 Å². The van der Waals surface area contributed by atoms with Gasteiger partial charge in [0.2, 0.25) is 11.5 Å². The summed E-state index contributed by atoms with van der Waals surface area (Å²) in [6, 6.07) is 16.7. The number of hydrogen-bond acceptors (Lipinski definition) is 10. The van der Waals surface area contributed by atoms with Gasteiger partial charge in [-0.15, -0.1) is 37.2 Å². The van der Waals surface area contributed by atoms with E-state index in [4.69, 9.17) is 33.4 Å². The van der Waals surface area contributed by atoms with E-state index in [1.54, 1.807) is 42.7 Å². The highest BCUT2D eigenvalue weighted by atomic mass is 35.5. The molecule has 2 aromatic carbocycles. The lowest BCUT2D eigenvalue weighted by Gasteiger charge is -2.44. The molecule has 4 aromatic rings. The van der Waals surface area contributed by atoms with Gasteiger partial charge in [-0.2, -0.15) is 0 Å². The van der Waals surface area contributed by atoms with Gasteiger partial charge < -0.3 is 28.4 Å². The lowest BCUT2D eigenvalue weighted by molar-refractivity contribution is 0.0353. The third-order valence-electron chi connectivity index (χ3n) is 9.28. The smallest absolute Gasteiger partial charge is 0.203 e. The van der Waals surface area contributed by atoms with Gasteiger partial charge in [0.1, 0.15) is 0 Å². The summed E-state index contributed by atoms with van der Waals surface area (Å²) in [4.78, 5) is 14.6. The van der Waals surface area contributed by atoms with Crippen LogP contribution in [0.25, 0.3) is 22.5 Å². The molecule has 0 saturated carbocycles. The Labute approximate surface area is 321 Å². The molecule has 1 unspecified atom stereocenters. The summed E-state index contributed by atoms with van der Waals surface area (Å²) in [5.74, 6) is 4.11. The summed E-state index contributed by atoms with van der Waals surface area (Å²) in [7, 11) is 9.73. The normalized spacial score (nSPS) is 14.9. The van der Waals surface area contributed by atoms with Crippen LogP contribution in [0, 0.1) is 5.92 Å². The average Bonchev–Trinajstić information content (AvgIpc) is 3.13. The number of methoxy groups -OCH3 is 6. The molecular formula is C38H51Cl3N4O6. The molecule has 3 heterocycles. The standard InChI is InChI=1S/C38H48N4O6.3ClH/c1-9-25(2)32-24-41(22-26-10-12-39-30(16-26)28-18-33(43-3)37(47-7)34(19-28)44-4)14-15-42(32)23-27-11-13-40-31(17-27)29-20-35(45-5)38(48-8)36(21-29)46-6;;;/h10-13,16-21,25,32H,9,14-15,22-24H2,1-8H3;3*1H/t25?,32-;;;/m1.../s1. The molecule has 5 rings (SSSR count). The van der Waals surface area contributed by atoms with Crippen molar-refractivity contribution in [3.8, 4) is 57.0 Å². The van der Waals surface area contributed by atoms with Crippen molar-refractivity contribution in [3.05, 3.63) is 72.1 Å². The van der Waals surface area contributed by atoms with Crippen LogP contribution in [-0.2, 0) is 13.1 Å². The minimum Gasteiger partial charge on any atom is -0.493 e. The Morgan fingerprint density at radius 2 is 1.06 bits per heavy atom. The number of piperazine rings is 1. The first-order chi connectivity index (χ1) is 23.3. The van der Waals surface area contributed by atoms with Gasteiger partial charge in [-0.3, -0.25) is 19.8 Å². The fourth-order valence-corrected chi connectivity index (χ4v) is 6.47. The van der Waals surface area contributed by atoms with E-state index in [1.165, 1.54) is 11.1 Å². The molecule has 1 aliphatic heterocycles. The molecule has 2 aromatic heterocycles. The lowest BCUT2D eigenvalue weighted by Crippen LogP contribution is -2.54. The second-order valence-electron chi connectivity index (χ2n) is 12.1. The fraction of sp³-hybridized carbons (Fsp3) is 0.421. The Bertz CT molecular complexity index is 1650. The Balaban J connectivity index is 0.00000300. The zero-order valence-corrected chi connectivity index (χ0v) is 33.1. The summed E-state index contributed by atoms with van der Waals surface area (Å²) < 4.78 is 33.4. The Kier molecular flexibility index (Phi) is 17.4. The maximum atomic E-state index is 5.59. The number of ether oxygens (including phenoxy) is 6. The van der Waals surface area contributed by atoms with Gasteiger partial charge in [0.15, 0.2) is 23.0 Å². The van der Waals surface area contributed by atoms with Crippen molar-refractivity contribution in [3.63, 3.8) is 0 Å². The van der Waals surface area contributed by atoms with Crippen LogP contribution in [0.3, 0.4) is 0 Å². The van der Waals surface area contributed by atoms with Gasteiger partial charge in [0.25, 0.3) is 0 Å². The average molecular weight is 766 g/mol. The number of hydrogen-bond donors (Lipinski definition) is 0. The first kappa shape index (κ1) is 43.5. The summed E-state index contributed by atoms with van der Waals surface area (Å²) in [6.45, 7) is 9.28. The number of aromatic nitrogens is 2. The molecule has 13 heteroatoms. The molecule has 0 radical (unpaired) electrons. The van der Waals surface area contributed by atoms with Gasteiger partial charge in [0.05, 0.1) is 54.0 Å². The highest BCUT2D eigenvalue weighted by molar-refractivity contribution is 5.86. The molecule has 1 saturated heterocycles. The van der Waals surface area contributed by atoms with Crippen molar-refractivity contribution >= 4 is 37.2 Å². The van der Waals surface area contributed by atoms with E-state index in [1.807, 2.05) is 36.7 Å². The largest absolute Gasteiger partial charge is 0.493 e. The SMILES string of the molecule is CCC(C)[C@H]1CN(Cc2ccnc(-c3cc(OC)c(OC)c(OC)c3)c2)CCN1Cc1ccnc(-c2cc(OC)c(OC)c(OC)c2)c1.Cl.Cl.Cl. The molecule has 0 spiro atoms. The van der Waals surface area contributed by atoms with Gasteiger partial charge in [-0.05, 0) is 65.6 Å². The molecule has 1 fully saturated rings. The fourth-order valence-electron chi connectivity index (χ4n) is 6.47. The van der Waals surface area contributed by atoms with Crippen molar-refractivity contribution in [1.82, 2.24) is 19.8 Å². The second kappa shape index (κ2) is 20.4. The summed E-state index contributed by atoms with van der Waals surface area (Å²) in [5.41, 5.74) is 6.00. The van der Waals surface area contributed by atoms with Crippen LogP contribution < -0.4 is 28.4 Å². The summed E-state index contributed by atoms with van der Waals surface area (Å²) in [5, 5.41) is 0. The minimum absolute atomic E-state index is 0. The lowest BCUT2D eigenvalue weighted by atomic mass is 9.94. The summed E-state index contributed by atoms with van der Waals surface area (Å²) in [6.07, 6.45) is 4.88. The first-order valence-electron chi connectivity index (χ1n) is 16.3. The van der Waals surface area contributed by atoms with Gasteiger partial charge in [-0.25, -0.2) is 0 Å². The van der Waals surface area contributed by atoms with E-state index >= 15 is 0 Å². The van der Waals surface area contributed by atoms with Crippen LogP contribution in [0.5, 0.6) is 34.5 Å². The quantitative estimate of drug-likeness (QED) is 0.127. The van der Waals surface area contributed by atoms with Crippen molar-refractivity contribution in [1.29, 1.82) is 0 Å². The zero-order chi connectivity index (χ0) is 34.2. The Hall–Kier alpha value is -3.67. The van der Waals surface area contributed by atoms with Crippen LogP contribution in [0.4, 0.5) is 0 Å². The van der Waals surface area contributed by atoms with Crippen LogP contribution in [-0.4, -0.2) is 88.1 Å².